The van der Waals surface area contributed by atoms with E-state index >= 15 is 0 Å². The standard InChI is InChI=1S/C13H14N6OS/c14-8-4-7(5-9(15)6-8)12-18-19-11(10-2-1-3-20-10)16-17-13(19)21-12/h4-6,10H,1-3,14-15H2. The number of hydrogen-bond donors (Lipinski definition) is 2. The lowest BCUT2D eigenvalue weighted by Crippen LogP contribution is -2.03. The third kappa shape index (κ3) is 2.12. The Morgan fingerprint density at radius 1 is 1.19 bits per heavy atom. The van der Waals surface area contributed by atoms with E-state index in [4.69, 9.17) is 16.2 Å². The monoisotopic (exact) mass is 302 g/mol. The van der Waals surface area contributed by atoms with Crippen LogP contribution in [0.5, 0.6) is 0 Å². The molecule has 108 valence electrons. The molecule has 1 aromatic carbocycles. The van der Waals surface area contributed by atoms with Gasteiger partial charge in [-0.15, -0.1) is 10.2 Å². The molecule has 0 bridgehead atoms. The van der Waals surface area contributed by atoms with E-state index in [0.717, 1.165) is 40.8 Å². The highest BCUT2D eigenvalue weighted by Crippen LogP contribution is 2.32. The Labute approximate surface area is 124 Å². The van der Waals surface area contributed by atoms with Gasteiger partial charge in [-0.2, -0.15) is 9.61 Å². The fraction of sp³-hybridized carbons (Fsp3) is 0.308. The molecular formula is C13H14N6OS. The average molecular weight is 302 g/mol. The topological polar surface area (TPSA) is 104 Å². The molecule has 4 rings (SSSR count). The maximum atomic E-state index is 5.84. The molecule has 0 aliphatic carbocycles. The van der Waals surface area contributed by atoms with E-state index in [2.05, 4.69) is 15.3 Å². The van der Waals surface area contributed by atoms with Crippen molar-refractivity contribution in [3.8, 4) is 10.6 Å². The first kappa shape index (κ1) is 12.5. The highest BCUT2D eigenvalue weighted by Gasteiger charge is 2.25. The van der Waals surface area contributed by atoms with E-state index in [9.17, 15) is 0 Å². The van der Waals surface area contributed by atoms with Gasteiger partial charge in [-0.3, -0.25) is 0 Å². The zero-order valence-electron chi connectivity index (χ0n) is 11.2. The summed E-state index contributed by atoms with van der Waals surface area (Å²) in [5.41, 5.74) is 13.8. The van der Waals surface area contributed by atoms with Crippen molar-refractivity contribution in [1.29, 1.82) is 0 Å². The van der Waals surface area contributed by atoms with Crippen molar-refractivity contribution in [3.05, 3.63) is 24.0 Å². The molecule has 1 saturated heterocycles. The molecule has 8 heteroatoms. The largest absolute Gasteiger partial charge is 0.399 e. The quantitative estimate of drug-likeness (QED) is 0.700. The van der Waals surface area contributed by atoms with Crippen LogP contribution in [0.3, 0.4) is 0 Å². The number of nitrogens with two attached hydrogens (primary N) is 2. The predicted octanol–water partition coefficient (Wildman–Crippen LogP) is 1.87. The summed E-state index contributed by atoms with van der Waals surface area (Å²) in [4.78, 5) is 0.747. The molecule has 0 amide bonds. The van der Waals surface area contributed by atoms with Gasteiger partial charge in [0.2, 0.25) is 4.96 Å². The lowest BCUT2D eigenvalue weighted by Gasteiger charge is -2.04. The summed E-state index contributed by atoms with van der Waals surface area (Å²) in [6.45, 7) is 0.766. The minimum Gasteiger partial charge on any atom is -0.399 e. The molecule has 1 aliphatic heterocycles. The molecular weight excluding hydrogens is 288 g/mol. The summed E-state index contributed by atoms with van der Waals surface area (Å²) in [7, 11) is 0. The first-order chi connectivity index (χ1) is 10.2. The van der Waals surface area contributed by atoms with Gasteiger partial charge in [0.25, 0.3) is 0 Å². The van der Waals surface area contributed by atoms with E-state index in [-0.39, 0.29) is 6.10 Å². The van der Waals surface area contributed by atoms with Crippen LogP contribution in [0.25, 0.3) is 15.5 Å². The van der Waals surface area contributed by atoms with Crippen LogP contribution in [-0.4, -0.2) is 26.4 Å². The van der Waals surface area contributed by atoms with Crippen LogP contribution in [0.2, 0.25) is 0 Å². The highest BCUT2D eigenvalue weighted by molar-refractivity contribution is 7.19. The Bertz CT molecular complexity index is 784. The summed E-state index contributed by atoms with van der Waals surface area (Å²) in [5, 5.41) is 13.8. The minimum absolute atomic E-state index is 0.0131. The van der Waals surface area contributed by atoms with E-state index in [1.165, 1.54) is 11.3 Å². The summed E-state index contributed by atoms with van der Waals surface area (Å²) in [6, 6.07) is 5.43. The van der Waals surface area contributed by atoms with Gasteiger partial charge in [0.1, 0.15) is 11.1 Å². The molecule has 0 spiro atoms. The number of benzene rings is 1. The molecule has 1 unspecified atom stereocenters. The second-order valence-electron chi connectivity index (χ2n) is 5.05. The Morgan fingerprint density at radius 2 is 2.00 bits per heavy atom. The van der Waals surface area contributed by atoms with Gasteiger partial charge in [-0.05, 0) is 31.0 Å². The third-order valence-corrected chi connectivity index (χ3v) is 4.41. The van der Waals surface area contributed by atoms with Crippen molar-refractivity contribution in [1.82, 2.24) is 19.8 Å². The smallest absolute Gasteiger partial charge is 0.235 e. The third-order valence-electron chi connectivity index (χ3n) is 3.46. The van der Waals surface area contributed by atoms with Gasteiger partial charge in [-0.25, -0.2) is 0 Å². The molecule has 3 heterocycles. The Morgan fingerprint density at radius 3 is 2.71 bits per heavy atom. The zero-order chi connectivity index (χ0) is 14.4. The van der Waals surface area contributed by atoms with Crippen molar-refractivity contribution in [3.63, 3.8) is 0 Å². The van der Waals surface area contributed by atoms with Crippen molar-refractivity contribution >= 4 is 27.7 Å². The fourth-order valence-electron chi connectivity index (χ4n) is 2.53. The number of anilines is 2. The lowest BCUT2D eigenvalue weighted by molar-refractivity contribution is 0.103. The van der Waals surface area contributed by atoms with Crippen LogP contribution in [0, 0.1) is 0 Å². The molecule has 2 aromatic heterocycles. The number of fused-ring (bicyclic) bond motifs is 1. The van der Waals surface area contributed by atoms with E-state index in [1.54, 1.807) is 10.6 Å². The van der Waals surface area contributed by atoms with Crippen LogP contribution in [-0.2, 0) is 4.74 Å². The summed E-state index contributed by atoms with van der Waals surface area (Å²) in [5.74, 6) is 0.766. The maximum Gasteiger partial charge on any atom is 0.235 e. The van der Waals surface area contributed by atoms with Gasteiger partial charge in [-0.1, -0.05) is 11.3 Å². The van der Waals surface area contributed by atoms with Gasteiger partial charge in [0.15, 0.2) is 5.82 Å². The van der Waals surface area contributed by atoms with E-state index in [0.29, 0.717) is 11.4 Å². The van der Waals surface area contributed by atoms with E-state index < -0.39 is 0 Å². The Kier molecular flexibility index (Phi) is 2.79. The van der Waals surface area contributed by atoms with Crippen molar-refractivity contribution < 1.29 is 4.74 Å². The van der Waals surface area contributed by atoms with Gasteiger partial charge < -0.3 is 16.2 Å². The SMILES string of the molecule is Nc1cc(N)cc(-c2nn3c(C4CCCO4)nnc3s2)c1. The van der Waals surface area contributed by atoms with Crippen LogP contribution < -0.4 is 11.5 Å². The Hall–Kier alpha value is -2.19. The molecule has 4 N–H and O–H groups in total. The molecule has 21 heavy (non-hydrogen) atoms. The van der Waals surface area contributed by atoms with Crippen molar-refractivity contribution in [2.75, 3.05) is 18.1 Å². The number of rotatable bonds is 2. The maximum absolute atomic E-state index is 5.84. The first-order valence-corrected chi connectivity index (χ1v) is 7.52. The normalized spacial score (nSPS) is 18.6. The molecule has 0 saturated carbocycles. The molecule has 1 atom stereocenters. The second-order valence-corrected chi connectivity index (χ2v) is 6.01. The molecule has 0 radical (unpaired) electrons. The first-order valence-electron chi connectivity index (χ1n) is 6.71. The molecule has 3 aromatic rings. The van der Waals surface area contributed by atoms with Crippen LogP contribution in [0.1, 0.15) is 24.8 Å². The summed E-state index contributed by atoms with van der Waals surface area (Å²) >= 11 is 1.46. The predicted molar refractivity (Wildman–Crippen MR) is 80.8 cm³/mol. The fourth-order valence-corrected chi connectivity index (χ4v) is 3.36. The molecule has 1 aliphatic rings. The highest BCUT2D eigenvalue weighted by atomic mass is 32.1. The number of aromatic nitrogens is 4. The van der Waals surface area contributed by atoms with Crippen LogP contribution >= 0.6 is 11.3 Å². The Balaban J connectivity index is 1.80. The summed E-state index contributed by atoms with van der Waals surface area (Å²) < 4.78 is 7.42. The molecule has 1 fully saturated rings. The van der Waals surface area contributed by atoms with Crippen molar-refractivity contribution in [2.24, 2.45) is 0 Å². The van der Waals surface area contributed by atoms with E-state index in [1.807, 2.05) is 12.1 Å². The number of nitrogen functional groups attached to an aromatic ring is 2. The average Bonchev–Trinajstić information content (AvgIpc) is 3.13. The van der Waals surface area contributed by atoms with Gasteiger partial charge >= 0.3 is 0 Å². The zero-order valence-corrected chi connectivity index (χ0v) is 12.0. The lowest BCUT2D eigenvalue weighted by atomic mass is 10.2. The van der Waals surface area contributed by atoms with Gasteiger partial charge in [0, 0.05) is 23.5 Å². The second kappa shape index (κ2) is 4.68. The molecule has 7 nitrogen and oxygen atoms in total. The van der Waals surface area contributed by atoms with Crippen LogP contribution in [0.4, 0.5) is 11.4 Å². The number of ether oxygens (including phenoxy) is 1. The van der Waals surface area contributed by atoms with Crippen molar-refractivity contribution in [2.45, 2.75) is 18.9 Å². The summed E-state index contributed by atoms with van der Waals surface area (Å²) in [6.07, 6.45) is 1.99. The number of nitrogens with zero attached hydrogens (tertiary/aromatic N) is 4. The van der Waals surface area contributed by atoms with Crippen LogP contribution in [0.15, 0.2) is 18.2 Å². The number of hydrogen-bond acceptors (Lipinski definition) is 7. The minimum atomic E-state index is -0.0131. The van der Waals surface area contributed by atoms with Gasteiger partial charge in [0.05, 0.1) is 0 Å².